The summed E-state index contributed by atoms with van der Waals surface area (Å²) in [5, 5.41) is 11.8. The number of thiophene rings is 1. The van der Waals surface area contributed by atoms with Crippen LogP contribution in [0.2, 0.25) is 0 Å². The molecule has 6 heteroatoms. The SMILES string of the molecule is OC(CCc1cccs1)c1cc(F)ccc1C(F)(F)F. The van der Waals surface area contributed by atoms with Gasteiger partial charge < -0.3 is 5.11 Å². The van der Waals surface area contributed by atoms with Gasteiger partial charge in [0.25, 0.3) is 0 Å². The van der Waals surface area contributed by atoms with Gasteiger partial charge in [-0.3, -0.25) is 0 Å². The molecule has 0 fully saturated rings. The standard InChI is InChI=1S/C14H12F4OS/c15-9-3-5-12(14(16,17)18)11(8-9)13(19)6-4-10-2-1-7-20-10/h1-3,5,7-8,13,19H,4,6H2. The molecular weight excluding hydrogens is 292 g/mol. The lowest BCUT2D eigenvalue weighted by atomic mass is 9.98. The van der Waals surface area contributed by atoms with Crippen LogP contribution in [0.25, 0.3) is 0 Å². The van der Waals surface area contributed by atoms with Gasteiger partial charge in [-0.05, 0) is 48.1 Å². The van der Waals surface area contributed by atoms with Crippen LogP contribution in [0, 0.1) is 5.82 Å². The molecule has 20 heavy (non-hydrogen) atoms. The summed E-state index contributed by atoms with van der Waals surface area (Å²) in [6.45, 7) is 0. The van der Waals surface area contributed by atoms with Crippen molar-refractivity contribution in [1.82, 2.24) is 0 Å². The molecule has 0 radical (unpaired) electrons. The Kier molecular flexibility index (Phi) is 4.45. The zero-order valence-electron chi connectivity index (χ0n) is 10.3. The summed E-state index contributed by atoms with van der Waals surface area (Å²) in [6.07, 6.45) is -5.38. The highest BCUT2D eigenvalue weighted by atomic mass is 32.1. The first-order chi connectivity index (χ1) is 9.38. The normalized spacial score (nSPS) is 13.4. The summed E-state index contributed by atoms with van der Waals surface area (Å²) in [6, 6.07) is 5.84. The van der Waals surface area contributed by atoms with Crippen molar-refractivity contribution in [3.05, 3.63) is 57.5 Å². The van der Waals surface area contributed by atoms with Crippen LogP contribution in [0.4, 0.5) is 17.6 Å². The molecule has 2 rings (SSSR count). The maximum absolute atomic E-state index is 13.1. The minimum Gasteiger partial charge on any atom is -0.388 e. The van der Waals surface area contributed by atoms with Gasteiger partial charge in [-0.2, -0.15) is 13.2 Å². The van der Waals surface area contributed by atoms with Crippen molar-refractivity contribution in [3.63, 3.8) is 0 Å². The van der Waals surface area contributed by atoms with Crippen molar-refractivity contribution in [2.75, 3.05) is 0 Å². The largest absolute Gasteiger partial charge is 0.416 e. The molecule has 1 atom stereocenters. The van der Waals surface area contributed by atoms with Crippen molar-refractivity contribution in [2.45, 2.75) is 25.1 Å². The number of rotatable bonds is 4. The van der Waals surface area contributed by atoms with E-state index in [1.54, 1.807) is 0 Å². The predicted octanol–water partition coefficient (Wildman–Crippen LogP) is 4.57. The molecule has 0 saturated carbocycles. The third kappa shape index (κ3) is 3.58. The second kappa shape index (κ2) is 5.93. The fourth-order valence-electron chi connectivity index (χ4n) is 1.96. The lowest BCUT2D eigenvalue weighted by molar-refractivity contribution is -0.139. The molecule has 0 aliphatic rings. The summed E-state index contributed by atoms with van der Waals surface area (Å²) in [5.41, 5.74) is -1.40. The average Bonchev–Trinajstić information content (AvgIpc) is 2.87. The molecule has 0 saturated heterocycles. The summed E-state index contributed by atoms with van der Waals surface area (Å²) < 4.78 is 51.6. The number of halogens is 4. The van der Waals surface area contributed by atoms with Crippen LogP contribution < -0.4 is 0 Å². The third-order valence-corrected chi connectivity index (χ3v) is 3.86. The van der Waals surface area contributed by atoms with E-state index in [1.165, 1.54) is 11.3 Å². The molecule has 1 aromatic carbocycles. The van der Waals surface area contributed by atoms with Crippen molar-refractivity contribution >= 4 is 11.3 Å². The van der Waals surface area contributed by atoms with Gasteiger partial charge in [-0.1, -0.05) is 6.07 Å². The number of hydrogen-bond donors (Lipinski definition) is 1. The van der Waals surface area contributed by atoms with Crippen LogP contribution in [0.1, 0.15) is 28.5 Å². The number of benzene rings is 1. The lowest BCUT2D eigenvalue weighted by Crippen LogP contribution is -2.13. The van der Waals surface area contributed by atoms with Gasteiger partial charge in [0.1, 0.15) is 5.82 Å². The Labute approximate surface area is 117 Å². The van der Waals surface area contributed by atoms with E-state index in [-0.39, 0.29) is 6.42 Å². The van der Waals surface area contributed by atoms with Crippen LogP contribution in [0.5, 0.6) is 0 Å². The molecule has 108 valence electrons. The van der Waals surface area contributed by atoms with Crippen molar-refractivity contribution < 1.29 is 22.7 Å². The van der Waals surface area contributed by atoms with Crippen LogP contribution in [0.15, 0.2) is 35.7 Å². The highest BCUT2D eigenvalue weighted by molar-refractivity contribution is 7.09. The Morgan fingerprint density at radius 2 is 1.95 bits per heavy atom. The first-order valence-electron chi connectivity index (χ1n) is 5.95. The van der Waals surface area contributed by atoms with Crippen LogP contribution >= 0.6 is 11.3 Å². The quantitative estimate of drug-likeness (QED) is 0.820. The van der Waals surface area contributed by atoms with E-state index in [4.69, 9.17) is 0 Å². The highest BCUT2D eigenvalue weighted by Gasteiger charge is 2.35. The molecule has 1 nitrogen and oxygen atoms in total. The summed E-state index contributed by atoms with van der Waals surface area (Å²) in [7, 11) is 0. The first-order valence-corrected chi connectivity index (χ1v) is 6.83. The van der Waals surface area contributed by atoms with Crippen LogP contribution in [-0.2, 0) is 12.6 Å². The van der Waals surface area contributed by atoms with Gasteiger partial charge in [0.05, 0.1) is 11.7 Å². The maximum Gasteiger partial charge on any atom is 0.416 e. The summed E-state index contributed by atoms with van der Waals surface area (Å²) in [5.74, 6) is -0.789. The number of hydrogen-bond acceptors (Lipinski definition) is 2. The fourth-order valence-corrected chi connectivity index (χ4v) is 2.68. The lowest BCUT2D eigenvalue weighted by Gasteiger charge is -2.17. The molecule has 1 heterocycles. The first kappa shape index (κ1) is 15.0. The Morgan fingerprint density at radius 3 is 2.55 bits per heavy atom. The number of aryl methyl sites for hydroxylation is 1. The van der Waals surface area contributed by atoms with Crippen LogP contribution in [0.3, 0.4) is 0 Å². The zero-order chi connectivity index (χ0) is 14.8. The molecule has 0 spiro atoms. The van der Waals surface area contributed by atoms with Crippen molar-refractivity contribution in [1.29, 1.82) is 0 Å². The van der Waals surface area contributed by atoms with Crippen LogP contribution in [-0.4, -0.2) is 5.11 Å². The molecule has 1 aromatic heterocycles. The van der Waals surface area contributed by atoms with Crippen molar-refractivity contribution in [2.24, 2.45) is 0 Å². The Bertz CT molecular complexity index is 563. The Hall–Kier alpha value is -1.40. The van der Waals surface area contributed by atoms with Gasteiger partial charge in [-0.15, -0.1) is 11.3 Å². The molecule has 0 bridgehead atoms. The molecule has 0 amide bonds. The van der Waals surface area contributed by atoms with E-state index >= 15 is 0 Å². The fraction of sp³-hybridized carbons (Fsp3) is 0.286. The highest BCUT2D eigenvalue weighted by Crippen LogP contribution is 2.36. The van der Waals surface area contributed by atoms with Gasteiger partial charge >= 0.3 is 6.18 Å². The third-order valence-electron chi connectivity index (χ3n) is 2.92. The Balaban J connectivity index is 2.19. The van der Waals surface area contributed by atoms with E-state index in [0.29, 0.717) is 12.5 Å². The average molecular weight is 304 g/mol. The second-order valence-corrected chi connectivity index (χ2v) is 5.40. The van der Waals surface area contributed by atoms with E-state index in [0.717, 1.165) is 17.0 Å². The monoisotopic (exact) mass is 304 g/mol. The summed E-state index contributed by atoms with van der Waals surface area (Å²) >= 11 is 1.47. The van der Waals surface area contributed by atoms with Gasteiger partial charge in [0.15, 0.2) is 0 Å². The van der Waals surface area contributed by atoms with E-state index in [2.05, 4.69) is 0 Å². The van der Waals surface area contributed by atoms with E-state index in [1.807, 2.05) is 17.5 Å². The van der Waals surface area contributed by atoms with Crippen molar-refractivity contribution in [3.8, 4) is 0 Å². The van der Waals surface area contributed by atoms with E-state index in [9.17, 15) is 22.7 Å². The number of aliphatic hydroxyl groups is 1. The van der Waals surface area contributed by atoms with Gasteiger partial charge in [0.2, 0.25) is 0 Å². The number of aliphatic hydroxyl groups excluding tert-OH is 1. The minimum atomic E-state index is -4.60. The second-order valence-electron chi connectivity index (χ2n) is 4.36. The maximum atomic E-state index is 13.1. The molecule has 0 aliphatic carbocycles. The summed E-state index contributed by atoms with van der Waals surface area (Å²) in [4.78, 5) is 0.967. The Morgan fingerprint density at radius 1 is 1.20 bits per heavy atom. The number of alkyl halides is 3. The predicted molar refractivity (Wildman–Crippen MR) is 69.0 cm³/mol. The van der Waals surface area contributed by atoms with Gasteiger partial charge in [0, 0.05) is 4.88 Å². The van der Waals surface area contributed by atoms with E-state index < -0.39 is 29.2 Å². The smallest absolute Gasteiger partial charge is 0.388 e. The van der Waals surface area contributed by atoms with Gasteiger partial charge in [-0.25, -0.2) is 4.39 Å². The molecule has 0 aliphatic heterocycles. The molecular formula is C14H12F4OS. The molecule has 2 aromatic rings. The molecule has 1 unspecified atom stereocenters. The zero-order valence-corrected chi connectivity index (χ0v) is 11.1. The topological polar surface area (TPSA) is 20.2 Å². The molecule has 1 N–H and O–H groups in total. The minimum absolute atomic E-state index is 0.118.